The highest BCUT2D eigenvalue weighted by atomic mass is 32.1. The molecule has 11 heteroatoms. The SMILES string of the molecule is CC(C)(C)OC(=O)N[C@@H](Cc1cc(C(=O)Nc2cccc(B3OC(C)(C)C(C)(C)O3)c2)cs1)C(=O)OC(C)(C)C. The van der Waals surface area contributed by atoms with Crippen molar-refractivity contribution in [3.8, 4) is 0 Å². The van der Waals surface area contributed by atoms with E-state index in [0.717, 1.165) is 10.3 Å². The van der Waals surface area contributed by atoms with Gasteiger partial charge in [0.1, 0.15) is 17.2 Å². The monoisotopic (exact) mass is 572 g/mol. The third-order valence-electron chi connectivity index (χ3n) is 6.37. The van der Waals surface area contributed by atoms with Gasteiger partial charge in [-0.05, 0) is 92.9 Å². The smallest absolute Gasteiger partial charge is 0.458 e. The quantitative estimate of drug-likeness (QED) is 0.352. The molecule has 2 N–H and O–H groups in total. The van der Waals surface area contributed by atoms with Crippen LogP contribution in [0.3, 0.4) is 0 Å². The van der Waals surface area contributed by atoms with Crippen LogP contribution in [0.25, 0.3) is 0 Å². The van der Waals surface area contributed by atoms with Gasteiger partial charge in [-0.1, -0.05) is 12.1 Å². The Balaban J connectivity index is 1.70. The fraction of sp³-hybridized carbons (Fsp3) is 0.552. The van der Waals surface area contributed by atoms with Crippen LogP contribution in [0, 0.1) is 0 Å². The zero-order valence-corrected chi connectivity index (χ0v) is 25.9. The Morgan fingerprint density at radius 1 is 0.950 bits per heavy atom. The van der Waals surface area contributed by atoms with Crippen molar-refractivity contribution in [1.82, 2.24) is 5.32 Å². The normalized spacial score (nSPS) is 17.2. The van der Waals surface area contributed by atoms with Gasteiger partial charge in [-0.3, -0.25) is 4.79 Å². The second kappa shape index (κ2) is 11.5. The van der Waals surface area contributed by atoms with Crippen molar-refractivity contribution in [3.05, 3.63) is 46.2 Å². The molecule has 0 bridgehead atoms. The lowest BCUT2D eigenvalue weighted by Gasteiger charge is -2.32. The molecule has 218 valence electrons. The van der Waals surface area contributed by atoms with E-state index in [-0.39, 0.29) is 12.3 Å². The lowest BCUT2D eigenvalue weighted by atomic mass is 9.79. The van der Waals surface area contributed by atoms with Crippen LogP contribution in [-0.2, 0) is 30.0 Å². The minimum atomic E-state index is -0.986. The van der Waals surface area contributed by atoms with Gasteiger partial charge >= 0.3 is 19.2 Å². The molecule has 9 nitrogen and oxygen atoms in total. The zero-order chi connectivity index (χ0) is 30.1. The Hall–Kier alpha value is -2.89. The number of alkyl carbamates (subject to hydrolysis) is 1. The van der Waals surface area contributed by atoms with Crippen LogP contribution in [0.5, 0.6) is 0 Å². The summed E-state index contributed by atoms with van der Waals surface area (Å²) in [5.41, 5.74) is -0.574. The van der Waals surface area contributed by atoms with E-state index >= 15 is 0 Å². The highest BCUT2D eigenvalue weighted by Crippen LogP contribution is 2.36. The first kappa shape index (κ1) is 31.6. The molecule has 3 rings (SSSR count). The number of anilines is 1. The lowest BCUT2D eigenvalue weighted by Crippen LogP contribution is -2.47. The van der Waals surface area contributed by atoms with Crippen molar-refractivity contribution in [2.45, 2.75) is 104 Å². The van der Waals surface area contributed by atoms with E-state index in [0.29, 0.717) is 11.3 Å². The van der Waals surface area contributed by atoms with Crippen LogP contribution in [-0.4, -0.2) is 53.5 Å². The maximum Gasteiger partial charge on any atom is 0.494 e. The summed E-state index contributed by atoms with van der Waals surface area (Å²) >= 11 is 1.31. The van der Waals surface area contributed by atoms with Crippen molar-refractivity contribution in [2.75, 3.05) is 5.32 Å². The molecule has 1 aliphatic rings. The molecule has 0 aliphatic carbocycles. The molecule has 1 atom stereocenters. The molecule has 1 aromatic carbocycles. The van der Waals surface area contributed by atoms with Gasteiger partial charge < -0.3 is 29.4 Å². The summed E-state index contributed by atoms with van der Waals surface area (Å²) in [6.45, 7) is 18.4. The highest BCUT2D eigenvalue weighted by molar-refractivity contribution is 7.10. The Morgan fingerprint density at radius 2 is 1.55 bits per heavy atom. The molecule has 0 unspecified atom stereocenters. The van der Waals surface area contributed by atoms with E-state index in [4.69, 9.17) is 18.8 Å². The van der Waals surface area contributed by atoms with Crippen molar-refractivity contribution >= 4 is 47.6 Å². The van der Waals surface area contributed by atoms with E-state index in [9.17, 15) is 14.4 Å². The van der Waals surface area contributed by atoms with Crippen LogP contribution >= 0.6 is 11.3 Å². The number of thiophene rings is 1. The van der Waals surface area contributed by atoms with Crippen molar-refractivity contribution in [3.63, 3.8) is 0 Å². The second-order valence-electron chi connectivity index (χ2n) is 12.9. The first-order valence-corrected chi connectivity index (χ1v) is 14.2. The number of rotatable bonds is 7. The van der Waals surface area contributed by atoms with Gasteiger partial charge in [0.2, 0.25) is 0 Å². The predicted molar refractivity (Wildman–Crippen MR) is 157 cm³/mol. The summed E-state index contributed by atoms with van der Waals surface area (Å²) in [6, 6.07) is 8.07. The minimum absolute atomic E-state index is 0.142. The number of ether oxygens (including phenoxy) is 2. The van der Waals surface area contributed by atoms with E-state index < -0.39 is 47.6 Å². The average Bonchev–Trinajstić information content (AvgIpc) is 3.32. The Labute approximate surface area is 241 Å². The summed E-state index contributed by atoms with van der Waals surface area (Å²) in [7, 11) is -0.545. The molecular weight excluding hydrogens is 531 g/mol. The van der Waals surface area contributed by atoms with E-state index in [1.165, 1.54) is 11.3 Å². The number of hydrogen-bond acceptors (Lipinski definition) is 8. The zero-order valence-electron chi connectivity index (χ0n) is 25.1. The summed E-state index contributed by atoms with van der Waals surface area (Å²) in [5.74, 6) is -0.889. The molecule has 1 saturated heterocycles. The number of carbonyl (C=O) groups excluding carboxylic acids is 3. The van der Waals surface area contributed by atoms with Gasteiger partial charge in [0.05, 0.1) is 16.8 Å². The molecule has 40 heavy (non-hydrogen) atoms. The Bertz CT molecular complexity index is 1230. The fourth-order valence-corrected chi connectivity index (χ4v) is 4.68. The number of esters is 1. The average molecular weight is 573 g/mol. The Morgan fingerprint density at radius 3 is 2.12 bits per heavy atom. The van der Waals surface area contributed by atoms with Crippen LogP contribution in [0.2, 0.25) is 0 Å². The Kier molecular flexibility index (Phi) is 9.13. The summed E-state index contributed by atoms with van der Waals surface area (Å²) in [4.78, 5) is 39.1. The molecule has 0 saturated carbocycles. The maximum absolute atomic E-state index is 13.1. The minimum Gasteiger partial charge on any atom is -0.458 e. The maximum atomic E-state index is 13.1. The first-order chi connectivity index (χ1) is 18.2. The van der Waals surface area contributed by atoms with Crippen molar-refractivity contribution in [1.29, 1.82) is 0 Å². The van der Waals surface area contributed by atoms with Crippen LogP contribution < -0.4 is 16.1 Å². The van der Waals surface area contributed by atoms with E-state index in [2.05, 4.69) is 10.6 Å². The van der Waals surface area contributed by atoms with Crippen molar-refractivity contribution in [2.24, 2.45) is 0 Å². The van der Waals surface area contributed by atoms with Gasteiger partial charge in [-0.25, -0.2) is 9.59 Å². The second-order valence-corrected chi connectivity index (χ2v) is 13.9. The standard InChI is InChI=1S/C29H41BN2O7S/c1-26(2,3)36-24(34)22(32-25(35)37-27(4,5)6)16-21-14-18(17-40-21)23(33)31-20-13-11-12-19(15-20)30-38-28(7,8)29(9,10)39-30/h11-15,17,22H,16H2,1-10H3,(H,31,33)(H,32,35)/t22-/m0/s1. The third-order valence-corrected chi connectivity index (χ3v) is 7.33. The summed E-state index contributed by atoms with van der Waals surface area (Å²) in [6.07, 6.45) is -0.580. The molecule has 1 aromatic heterocycles. The third kappa shape index (κ3) is 8.56. The topological polar surface area (TPSA) is 112 Å². The molecule has 2 heterocycles. The molecule has 1 aliphatic heterocycles. The number of hydrogen-bond donors (Lipinski definition) is 2. The summed E-state index contributed by atoms with van der Waals surface area (Å²) < 4.78 is 23.1. The molecule has 1 fully saturated rings. The number of amides is 2. The van der Waals surface area contributed by atoms with Crippen LogP contribution in [0.4, 0.5) is 10.5 Å². The van der Waals surface area contributed by atoms with Crippen molar-refractivity contribution < 1.29 is 33.2 Å². The van der Waals surface area contributed by atoms with Gasteiger partial charge in [0, 0.05) is 22.4 Å². The fourth-order valence-electron chi connectivity index (χ4n) is 3.77. The molecule has 2 amide bonds. The molecule has 0 radical (unpaired) electrons. The van der Waals surface area contributed by atoms with Gasteiger partial charge in [0.15, 0.2) is 0 Å². The largest absolute Gasteiger partial charge is 0.494 e. The summed E-state index contributed by atoms with van der Waals surface area (Å²) in [5, 5.41) is 7.24. The number of benzene rings is 1. The van der Waals surface area contributed by atoms with Gasteiger partial charge in [0.25, 0.3) is 5.91 Å². The van der Waals surface area contributed by atoms with Gasteiger partial charge in [-0.2, -0.15) is 0 Å². The van der Waals surface area contributed by atoms with Crippen LogP contribution in [0.1, 0.15) is 84.5 Å². The first-order valence-electron chi connectivity index (χ1n) is 13.3. The van der Waals surface area contributed by atoms with E-state index in [1.807, 2.05) is 45.9 Å². The number of nitrogens with one attached hydrogen (secondary N) is 2. The molecule has 0 spiro atoms. The number of carbonyl (C=O) groups is 3. The van der Waals surface area contributed by atoms with E-state index in [1.54, 1.807) is 59.1 Å². The lowest BCUT2D eigenvalue weighted by molar-refractivity contribution is -0.157. The predicted octanol–water partition coefficient (Wildman–Crippen LogP) is 5.08. The van der Waals surface area contributed by atoms with Gasteiger partial charge in [-0.15, -0.1) is 11.3 Å². The molecular formula is C29H41BN2O7S. The molecule has 2 aromatic rings. The van der Waals surface area contributed by atoms with Crippen LogP contribution in [0.15, 0.2) is 35.7 Å². The highest BCUT2D eigenvalue weighted by Gasteiger charge is 2.51.